The van der Waals surface area contributed by atoms with Crippen molar-refractivity contribution in [1.82, 2.24) is 9.55 Å². The van der Waals surface area contributed by atoms with Crippen LogP contribution in [0.5, 0.6) is 0 Å². The molecule has 0 aliphatic rings. The first-order valence-corrected chi connectivity index (χ1v) is 4.38. The molecule has 0 aromatic carbocycles. The van der Waals surface area contributed by atoms with Crippen LogP contribution in [-0.2, 0) is 11.3 Å². The lowest BCUT2D eigenvalue weighted by atomic mass is 10.4. The summed E-state index contributed by atoms with van der Waals surface area (Å²) < 4.78 is 6.95. The third-order valence-corrected chi connectivity index (χ3v) is 1.32. The van der Waals surface area contributed by atoms with Gasteiger partial charge in [-0.15, -0.1) is 0 Å². The highest BCUT2D eigenvalue weighted by molar-refractivity contribution is 4.73. The molecule has 0 bridgehead atoms. The molecule has 0 fully saturated rings. The predicted octanol–water partition coefficient (Wildman–Crippen LogP) is 1.95. The zero-order chi connectivity index (χ0) is 9.23. The van der Waals surface area contributed by atoms with Gasteiger partial charge in [-0.05, 0) is 6.42 Å². The summed E-state index contributed by atoms with van der Waals surface area (Å²) in [6.07, 6.45) is 6.60. The van der Waals surface area contributed by atoms with Gasteiger partial charge in [0.1, 0.15) is 0 Å². The lowest BCUT2D eigenvalue weighted by Gasteiger charge is -1.99. The number of aryl methyl sites for hydroxylation is 1. The highest BCUT2D eigenvalue weighted by atomic mass is 16.5. The van der Waals surface area contributed by atoms with Crippen LogP contribution in [0.15, 0.2) is 18.7 Å². The van der Waals surface area contributed by atoms with Gasteiger partial charge in [0.25, 0.3) is 0 Å². The van der Waals surface area contributed by atoms with Crippen molar-refractivity contribution < 1.29 is 4.74 Å². The van der Waals surface area contributed by atoms with Gasteiger partial charge in [0.15, 0.2) is 0 Å². The minimum Gasteiger partial charge on any atom is -0.385 e. The van der Waals surface area contributed by atoms with Crippen LogP contribution in [-0.4, -0.2) is 23.3 Å². The van der Waals surface area contributed by atoms with Gasteiger partial charge < -0.3 is 9.30 Å². The summed E-state index contributed by atoms with van der Waals surface area (Å²) in [6, 6.07) is 0. The number of ether oxygens (including phenoxy) is 1. The molecule has 1 rings (SSSR count). The normalized spacial score (nSPS) is 8.92. The minimum absolute atomic E-state index is 0.818. The second kappa shape index (κ2) is 8.27. The largest absolute Gasteiger partial charge is 0.385 e. The molecule has 0 unspecified atom stereocenters. The molecule has 12 heavy (non-hydrogen) atoms. The first kappa shape index (κ1) is 11.2. The highest BCUT2D eigenvalue weighted by Crippen LogP contribution is 1.89. The van der Waals surface area contributed by atoms with Crippen molar-refractivity contribution in [2.24, 2.45) is 0 Å². The van der Waals surface area contributed by atoms with Gasteiger partial charge >= 0.3 is 0 Å². The molecule has 3 heteroatoms. The lowest BCUT2D eigenvalue weighted by Crippen LogP contribution is -1.98. The van der Waals surface area contributed by atoms with E-state index in [4.69, 9.17) is 4.74 Å². The second-order valence-electron chi connectivity index (χ2n) is 2.15. The van der Waals surface area contributed by atoms with E-state index in [2.05, 4.69) is 4.98 Å². The number of nitrogens with zero attached hydrogens (tertiary/aromatic N) is 2. The maximum atomic E-state index is 4.91. The third kappa shape index (κ3) is 4.91. The average Bonchev–Trinajstić information content (AvgIpc) is 2.61. The summed E-state index contributed by atoms with van der Waals surface area (Å²) in [4.78, 5) is 3.92. The van der Waals surface area contributed by atoms with Gasteiger partial charge in [-0.3, -0.25) is 0 Å². The maximum Gasteiger partial charge on any atom is 0.0945 e. The topological polar surface area (TPSA) is 27.1 Å². The summed E-state index contributed by atoms with van der Waals surface area (Å²) in [5, 5.41) is 0. The van der Waals surface area contributed by atoms with E-state index in [0.717, 1.165) is 19.6 Å². The van der Waals surface area contributed by atoms with E-state index < -0.39 is 0 Å². The molecule has 1 aromatic rings. The SMILES string of the molecule is CC.COCCCn1ccnc1. The molecule has 70 valence electrons. The number of imidazole rings is 1. The van der Waals surface area contributed by atoms with Crippen LogP contribution in [0.1, 0.15) is 20.3 Å². The molecule has 1 aromatic heterocycles. The Morgan fingerprint density at radius 2 is 2.17 bits per heavy atom. The Morgan fingerprint density at radius 1 is 1.42 bits per heavy atom. The fourth-order valence-electron chi connectivity index (χ4n) is 0.810. The first-order chi connectivity index (χ1) is 5.93. The summed E-state index contributed by atoms with van der Waals surface area (Å²) in [6.45, 7) is 5.81. The van der Waals surface area contributed by atoms with Gasteiger partial charge in [-0.25, -0.2) is 4.98 Å². The fourth-order valence-corrected chi connectivity index (χ4v) is 0.810. The van der Waals surface area contributed by atoms with Crippen molar-refractivity contribution >= 4 is 0 Å². The third-order valence-electron chi connectivity index (χ3n) is 1.32. The van der Waals surface area contributed by atoms with Crippen molar-refractivity contribution in [2.45, 2.75) is 26.8 Å². The molecular formula is C9H18N2O. The van der Waals surface area contributed by atoms with Crippen molar-refractivity contribution in [2.75, 3.05) is 13.7 Å². The van der Waals surface area contributed by atoms with Gasteiger partial charge in [-0.1, -0.05) is 13.8 Å². The number of aromatic nitrogens is 2. The molecule has 1 heterocycles. The van der Waals surface area contributed by atoms with E-state index in [1.165, 1.54) is 0 Å². The van der Waals surface area contributed by atoms with E-state index in [1.54, 1.807) is 13.3 Å². The van der Waals surface area contributed by atoms with Crippen molar-refractivity contribution in [3.8, 4) is 0 Å². The Kier molecular flexibility index (Phi) is 7.70. The van der Waals surface area contributed by atoms with Gasteiger partial charge in [-0.2, -0.15) is 0 Å². The Balaban J connectivity index is 0.000000561. The zero-order valence-electron chi connectivity index (χ0n) is 8.16. The molecule has 0 radical (unpaired) electrons. The Morgan fingerprint density at radius 3 is 2.67 bits per heavy atom. The average molecular weight is 170 g/mol. The lowest BCUT2D eigenvalue weighted by molar-refractivity contribution is 0.190. The number of hydrogen-bond donors (Lipinski definition) is 0. The van der Waals surface area contributed by atoms with Crippen LogP contribution in [0.4, 0.5) is 0 Å². The molecule has 0 atom stereocenters. The number of methoxy groups -OCH3 is 1. The summed E-state index contributed by atoms with van der Waals surface area (Å²) in [5.74, 6) is 0. The molecule has 0 aliphatic heterocycles. The molecule has 0 amide bonds. The van der Waals surface area contributed by atoms with E-state index in [0.29, 0.717) is 0 Å². The van der Waals surface area contributed by atoms with Gasteiger partial charge in [0, 0.05) is 32.7 Å². The van der Waals surface area contributed by atoms with Crippen LogP contribution in [0, 0.1) is 0 Å². The minimum atomic E-state index is 0.818. The smallest absolute Gasteiger partial charge is 0.0945 e. The fraction of sp³-hybridized carbons (Fsp3) is 0.667. The van der Waals surface area contributed by atoms with Gasteiger partial charge in [0.05, 0.1) is 6.33 Å². The number of rotatable bonds is 4. The summed E-state index contributed by atoms with van der Waals surface area (Å²) in [7, 11) is 1.72. The quantitative estimate of drug-likeness (QED) is 0.646. The van der Waals surface area contributed by atoms with Crippen LogP contribution >= 0.6 is 0 Å². The van der Waals surface area contributed by atoms with Crippen LogP contribution in [0.3, 0.4) is 0 Å². The molecule has 0 saturated carbocycles. The monoisotopic (exact) mass is 170 g/mol. The molecular weight excluding hydrogens is 152 g/mol. The number of hydrogen-bond acceptors (Lipinski definition) is 2. The van der Waals surface area contributed by atoms with Crippen LogP contribution in [0.2, 0.25) is 0 Å². The summed E-state index contributed by atoms with van der Waals surface area (Å²) >= 11 is 0. The zero-order valence-corrected chi connectivity index (χ0v) is 8.16. The van der Waals surface area contributed by atoms with Crippen LogP contribution in [0.25, 0.3) is 0 Å². The summed E-state index contributed by atoms with van der Waals surface area (Å²) in [5.41, 5.74) is 0. The van der Waals surface area contributed by atoms with E-state index in [-0.39, 0.29) is 0 Å². The van der Waals surface area contributed by atoms with Crippen LogP contribution < -0.4 is 0 Å². The highest BCUT2D eigenvalue weighted by Gasteiger charge is 1.87. The van der Waals surface area contributed by atoms with E-state index in [1.807, 2.05) is 30.9 Å². The van der Waals surface area contributed by atoms with E-state index in [9.17, 15) is 0 Å². The van der Waals surface area contributed by atoms with E-state index >= 15 is 0 Å². The predicted molar refractivity (Wildman–Crippen MR) is 50.1 cm³/mol. The van der Waals surface area contributed by atoms with Crippen molar-refractivity contribution in [3.05, 3.63) is 18.7 Å². The standard InChI is InChI=1S/C7H12N2O.C2H6/c1-10-6-2-4-9-5-3-8-7-9;1-2/h3,5,7H,2,4,6H2,1H3;1-2H3. The molecule has 0 spiro atoms. The van der Waals surface area contributed by atoms with Crippen molar-refractivity contribution in [1.29, 1.82) is 0 Å². The second-order valence-corrected chi connectivity index (χ2v) is 2.15. The Bertz CT molecular complexity index is 161. The van der Waals surface area contributed by atoms with Crippen molar-refractivity contribution in [3.63, 3.8) is 0 Å². The molecule has 0 aliphatic carbocycles. The molecule has 0 N–H and O–H groups in total. The molecule has 3 nitrogen and oxygen atoms in total. The van der Waals surface area contributed by atoms with Gasteiger partial charge in [0.2, 0.25) is 0 Å². The first-order valence-electron chi connectivity index (χ1n) is 4.38. The Hall–Kier alpha value is -0.830. The molecule has 0 saturated heterocycles. The maximum absolute atomic E-state index is 4.91. The Labute approximate surface area is 74.4 Å².